The number of fused-ring (bicyclic) bond motifs is 1. The quantitative estimate of drug-likeness (QED) is 0.822. The number of nitrogens with two attached hydrogens (primary N) is 1. The van der Waals surface area contributed by atoms with Crippen LogP contribution in [0.1, 0.15) is 36.6 Å². The third kappa shape index (κ3) is 3.85. The first-order valence-corrected chi connectivity index (χ1v) is 10.1. The molecule has 2 aromatic rings. The molecule has 150 valence electrons. The summed E-state index contributed by atoms with van der Waals surface area (Å²) in [5.41, 5.74) is 9.65. The third-order valence-corrected chi connectivity index (χ3v) is 5.49. The lowest BCUT2D eigenvalue weighted by Gasteiger charge is -2.29. The van der Waals surface area contributed by atoms with Crippen LogP contribution in [0.25, 0.3) is 0 Å². The van der Waals surface area contributed by atoms with Gasteiger partial charge in [-0.1, -0.05) is 6.07 Å². The number of rotatable bonds is 6. The molecule has 0 radical (unpaired) electrons. The van der Waals surface area contributed by atoms with E-state index in [9.17, 15) is 0 Å². The van der Waals surface area contributed by atoms with Gasteiger partial charge in [0.05, 0.1) is 19.4 Å². The fraction of sp³-hybridized carbons (Fsp3) is 0.524. The minimum atomic E-state index is 0.624. The molecule has 2 aliphatic rings. The van der Waals surface area contributed by atoms with Crippen LogP contribution in [0.3, 0.4) is 0 Å². The first kappa shape index (κ1) is 18.8. The van der Waals surface area contributed by atoms with Crippen LogP contribution in [0.2, 0.25) is 0 Å². The van der Waals surface area contributed by atoms with Crippen molar-refractivity contribution in [3.8, 4) is 11.5 Å². The van der Waals surface area contributed by atoms with Crippen LogP contribution in [0.15, 0.2) is 18.2 Å². The van der Waals surface area contributed by atoms with Gasteiger partial charge in [-0.25, -0.2) is 4.98 Å². The van der Waals surface area contributed by atoms with Crippen molar-refractivity contribution < 1.29 is 9.47 Å². The van der Waals surface area contributed by atoms with Crippen molar-refractivity contribution in [3.05, 3.63) is 35.0 Å². The number of methoxy groups -OCH3 is 1. The lowest BCUT2D eigenvalue weighted by Crippen LogP contribution is -2.32. The molecular formula is C21H29N5O2. The average molecular weight is 383 g/mol. The maximum Gasteiger partial charge on any atom is 0.227 e. The van der Waals surface area contributed by atoms with Gasteiger partial charge in [0.25, 0.3) is 0 Å². The number of anilines is 2. The highest BCUT2D eigenvalue weighted by atomic mass is 16.5. The van der Waals surface area contributed by atoms with Gasteiger partial charge in [0.2, 0.25) is 5.95 Å². The number of hydrogen-bond acceptors (Lipinski definition) is 7. The second kappa shape index (κ2) is 8.22. The number of benzene rings is 1. The molecule has 0 spiro atoms. The molecular weight excluding hydrogens is 354 g/mol. The van der Waals surface area contributed by atoms with Gasteiger partial charge in [-0.2, -0.15) is 4.98 Å². The Hall–Kier alpha value is -2.54. The number of ether oxygens (including phenoxy) is 2. The highest BCUT2D eigenvalue weighted by Crippen LogP contribution is 2.30. The number of hydrogen-bond donors (Lipinski definition) is 1. The normalized spacial score (nSPS) is 16.9. The maximum atomic E-state index is 6.26. The second-order valence-corrected chi connectivity index (χ2v) is 7.41. The van der Waals surface area contributed by atoms with Gasteiger partial charge in [-0.05, 0) is 43.9 Å². The molecule has 0 amide bonds. The fourth-order valence-electron chi connectivity index (χ4n) is 4.04. The van der Waals surface area contributed by atoms with Gasteiger partial charge in [0, 0.05) is 38.3 Å². The van der Waals surface area contributed by atoms with Gasteiger partial charge in [-0.3, -0.25) is 4.90 Å². The van der Waals surface area contributed by atoms with Crippen molar-refractivity contribution in [1.29, 1.82) is 0 Å². The number of aromatic nitrogens is 2. The Morgan fingerprint density at radius 2 is 1.93 bits per heavy atom. The SMILES string of the molecule is CCOc1ccc(CN2CCc3c(N)nc(N4CCCC4)nc3C2)cc1OC. The monoisotopic (exact) mass is 383 g/mol. The Morgan fingerprint density at radius 3 is 2.68 bits per heavy atom. The maximum absolute atomic E-state index is 6.26. The molecule has 7 heteroatoms. The van der Waals surface area contributed by atoms with E-state index in [1.54, 1.807) is 7.11 Å². The van der Waals surface area contributed by atoms with Crippen LogP contribution >= 0.6 is 0 Å². The van der Waals surface area contributed by atoms with Crippen LogP contribution in [-0.4, -0.2) is 48.2 Å². The highest BCUT2D eigenvalue weighted by molar-refractivity contribution is 5.49. The van der Waals surface area contributed by atoms with Crippen LogP contribution in [0.5, 0.6) is 11.5 Å². The zero-order chi connectivity index (χ0) is 19.5. The van der Waals surface area contributed by atoms with Crippen LogP contribution in [0, 0.1) is 0 Å². The fourth-order valence-corrected chi connectivity index (χ4v) is 4.04. The van der Waals surface area contributed by atoms with E-state index in [0.29, 0.717) is 12.4 Å². The summed E-state index contributed by atoms with van der Waals surface area (Å²) in [6.07, 6.45) is 3.29. The standard InChI is InChI=1S/C21H29N5O2/c1-3-28-18-7-6-15(12-19(18)27-2)13-25-11-8-16-17(14-25)23-21(24-20(16)22)26-9-4-5-10-26/h6-7,12H,3-5,8-11,13-14H2,1-2H3,(H2,22,23,24). The zero-order valence-electron chi connectivity index (χ0n) is 16.8. The zero-order valence-corrected chi connectivity index (χ0v) is 16.8. The molecule has 4 rings (SSSR count). The van der Waals surface area contributed by atoms with E-state index in [0.717, 1.165) is 67.8 Å². The van der Waals surface area contributed by atoms with Gasteiger partial charge >= 0.3 is 0 Å². The van der Waals surface area contributed by atoms with Crippen molar-refractivity contribution in [1.82, 2.24) is 14.9 Å². The van der Waals surface area contributed by atoms with E-state index in [-0.39, 0.29) is 0 Å². The van der Waals surface area contributed by atoms with E-state index in [1.165, 1.54) is 18.4 Å². The molecule has 0 aliphatic carbocycles. The van der Waals surface area contributed by atoms with Gasteiger partial charge in [0.1, 0.15) is 5.82 Å². The molecule has 7 nitrogen and oxygen atoms in total. The summed E-state index contributed by atoms with van der Waals surface area (Å²) < 4.78 is 11.1. The average Bonchev–Trinajstić information content (AvgIpc) is 3.24. The van der Waals surface area contributed by atoms with E-state index in [2.05, 4.69) is 26.9 Å². The first-order chi connectivity index (χ1) is 13.7. The van der Waals surface area contributed by atoms with Crippen LogP contribution < -0.4 is 20.1 Å². The van der Waals surface area contributed by atoms with E-state index in [4.69, 9.17) is 20.2 Å². The molecule has 1 fully saturated rings. The molecule has 0 unspecified atom stereocenters. The summed E-state index contributed by atoms with van der Waals surface area (Å²) in [6.45, 7) is 7.21. The van der Waals surface area contributed by atoms with Crippen molar-refractivity contribution in [2.75, 3.05) is 44.0 Å². The summed E-state index contributed by atoms with van der Waals surface area (Å²) in [6, 6.07) is 6.15. The Labute approximate surface area is 166 Å². The minimum absolute atomic E-state index is 0.624. The van der Waals surface area contributed by atoms with Gasteiger partial charge < -0.3 is 20.1 Å². The topological polar surface area (TPSA) is 76.7 Å². The Morgan fingerprint density at radius 1 is 1.11 bits per heavy atom. The molecule has 2 aliphatic heterocycles. The summed E-state index contributed by atoms with van der Waals surface area (Å²) in [7, 11) is 1.68. The predicted molar refractivity (Wildman–Crippen MR) is 110 cm³/mol. The number of nitrogen functional groups attached to an aromatic ring is 1. The first-order valence-electron chi connectivity index (χ1n) is 10.1. The lowest BCUT2D eigenvalue weighted by molar-refractivity contribution is 0.241. The molecule has 1 saturated heterocycles. The van der Waals surface area contributed by atoms with Gasteiger partial charge in [0.15, 0.2) is 11.5 Å². The summed E-state index contributed by atoms with van der Waals surface area (Å²) in [5.74, 6) is 3.00. The van der Waals surface area contributed by atoms with Crippen molar-refractivity contribution >= 4 is 11.8 Å². The largest absolute Gasteiger partial charge is 0.493 e. The van der Waals surface area contributed by atoms with Crippen molar-refractivity contribution in [2.24, 2.45) is 0 Å². The van der Waals surface area contributed by atoms with Crippen molar-refractivity contribution in [3.63, 3.8) is 0 Å². The molecule has 0 bridgehead atoms. The Balaban J connectivity index is 1.50. The molecule has 2 N–H and O–H groups in total. The lowest BCUT2D eigenvalue weighted by atomic mass is 10.0. The summed E-state index contributed by atoms with van der Waals surface area (Å²) in [4.78, 5) is 14.1. The summed E-state index contributed by atoms with van der Waals surface area (Å²) in [5, 5.41) is 0. The molecule has 28 heavy (non-hydrogen) atoms. The van der Waals surface area contributed by atoms with E-state index < -0.39 is 0 Å². The molecule has 3 heterocycles. The second-order valence-electron chi connectivity index (χ2n) is 7.41. The predicted octanol–water partition coefficient (Wildman–Crippen LogP) is 2.62. The summed E-state index contributed by atoms with van der Waals surface area (Å²) >= 11 is 0. The number of nitrogens with zero attached hydrogens (tertiary/aromatic N) is 4. The minimum Gasteiger partial charge on any atom is -0.493 e. The van der Waals surface area contributed by atoms with Gasteiger partial charge in [-0.15, -0.1) is 0 Å². The van der Waals surface area contributed by atoms with Crippen LogP contribution in [-0.2, 0) is 19.5 Å². The third-order valence-electron chi connectivity index (χ3n) is 5.49. The Bertz CT molecular complexity index is 836. The van der Waals surface area contributed by atoms with E-state index in [1.807, 2.05) is 13.0 Å². The highest BCUT2D eigenvalue weighted by Gasteiger charge is 2.24. The van der Waals surface area contributed by atoms with Crippen LogP contribution in [0.4, 0.5) is 11.8 Å². The molecule has 0 saturated carbocycles. The smallest absolute Gasteiger partial charge is 0.227 e. The molecule has 0 atom stereocenters. The molecule has 1 aromatic heterocycles. The van der Waals surface area contributed by atoms with Crippen molar-refractivity contribution in [2.45, 2.75) is 39.3 Å². The Kier molecular flexibility index (Phi) is 5.52. The van der Waals surface area contributed by atoms with E-state index >= 15 is 0 Å². The molecule has 1 aromatic carbocycles.